The Morgan fingerprint density at radius 1 is 0.635 bits per heavy atom. The number of nitrogens with one attached hydrogen (secondary N) is 4. The van der Waals surface area contributed by atoms with E-state index in [1.54, 1.807) is 0 Å². The third-order valence-electron chi connectivity index (χ3n) is 15.0. The van der Waals surface area contributed by atoms with Gasteiger partial charge in [-0.15, -0.1) is 0 Å². The number of hydrogen-bond donors (Lipinski definition) is 4. The molecule has 6 aliphatic rings. The molecule has 4 N–H and O–H groups in total. The number of H-pyrrole nitrogens is 2. The molecule has 6 bridgehead atoms. The summed E-state index contributed by atoms with van der Waals surface area (Å²) in [5.41, 5.74) is 8.54. The average Bonchev–Trinajstić information content (AvgIpc) is 4.16. The van der Waals surface area contributed by atoms with E-state index >= 15 is 0 Å². The minimum Gasteiger partial charge on any atom is -0.453 e. The number of carbonyl (C=O) groups excluding carboxylic acids is 4. The molecule has 2 aromatic carbocycles. The molecule has 2 saturated carbocycles. The Bertz CT molecular complexity index is 2430. The molecule has 15 heteroatoms. The second kappa shape index (κ2) is 16.1. The number of carbonyl (C=O) groups is 4. The van der Waals surface area contributed by atoms with Crippen LogP contribution in [0.4, 0.5) is 9.59 Å². The molecule has 4 aliphatic heterocycles. The molecule has 10 atom stereocenters. The summed E-state index contributed by atoms with van der Waals surface area (Å²) in [5, 5.41) is 5.56. The number of methoxy groups -OCH3 is 2. The number of aromatic nitrogens is 4. The minimum atomic E-state index is -0.694. The van der Waals surface area contributed by atoms with E-state index in [1.165, 1.54) is 25.3 Å². The highest BCUT2D eigenvalue weighted by atomic mass is 16.5. The molecule has 332 valence electrons. The molecular weight excluding hydrogens is 801 g/mol. The van der Waals surface area contributed by atoms with Gasteiger partial charge in [-0.1, -0.05) is 64.1 Å². The van der Waals surface area contributed by atoms with Crippen molar-refractivity contribution in [2.75, 3.05) is 14.2 Å². The highest BCUT2D eigenvalue weighted by molar-refractivity contribution is 5.88. The summed E-state index contributed by atoms with van der Waals surface area (Å²) < 4.78 is 16.3. The van der Waals surface area contributed by atoms with Crippen molar-refractivity contribution in [1.29, 1.82) is 0 Å². The van der Waals surface area contributed by atoms with E-state index in [0.29, 0.717) is 11.8 Å². The highest BCUT2D eigenvalue weighted by Crippen LogP contribution is 2.57. The van der Waals surface area contributed by atoms with Crippen molar-refractivity contribution in [2.45, 2.75) is 128 Å². The largest absolute Gasteiger partial charge is 0.453 e. The summed E-state index contributed by atoms with van der Waals surface area (Å²) in [7, 11) is 2.62. The Balaban J connectivity index is 0.902. The van der Waals surface area contributed by atoms with Gasteiger partial charge in [-0.2, -0.15) is 0 Å². The first-order valence-corrected chi connectivity index (χ1v) is 22.8. The summed E-state index contributed by atoms with van der Waals surface area (Å²) in [4.78, 5) is 73.6. The summed E-state index contributed by atoms with van der Waals surface area (Å²) in [6.45, 7) is 7.74. The minimum absolute atomic E-state index is 0.00415. The predicted molar refractivity (Wildman–Crippen MR) is 233 cm³/mol. The van der Waals surface area contributed by atoms with Gasteiger partial charge in [0.1, 0.15) is 23.7 Å². The molecule has 6 heterocycles. The maximum atomic E-state index is 14.2. The van der Waals surface area contributed by atoms with Crippen molar-refractivity contribution >= 4 is 24.0 Å². The monoisotopic (exact) mass is 858 g/mol. The number of imidazole rings is 2. The van der Waals surface area contributed by atoms with Crippen molar-refractivity contribution in [3.05, 3.63) is 71.6 Å². The topological polar surface area (TPSA) is 184 Å². The van der Waals surface area contributed by atoms with E-state index in [2.05, 4.69) is 57.0 Å². The standard InChI is InChI=1S/C48H58N8O7/c1-23(2)39(53-47(59)61-5)45(57)55-29-13-11-27(19-29)41(55)43-49-21-33(51-43)26-9-7-25(8-10-26)31-15-16-32(38-36-18-17-35(63-36)37(31)38)34-22-50-44(52-34)42-28-12-14-30(20-28)56(42)46(58)40(24(3)4)54-48(60)62-6/h7-10,15-16,21-24,27-30,35-36,39-42H,11-14,17-20H2,1-6H3,(H,49,51)(H,50,52)(H,53,59)(H,54,60)/t27-,28-,29+,30+,35?,36?,39-,40-,41-,42-/m0/s1. The van der Waals surface area contributed by atoms with Gasteiger partial charge < -0.3 is 44.6 Å². The molecular formula is C48H58N8O7. The zero-order chi connectivity index (χ0) is 43.8. The number of nitrogens with zero attached hydrogens (tertiary/aromatic N) is 4. The summed E-state index contributed by atoms with van der Waals surface area (Å²) in [6.07, 6.45) is 10.3. The fraction of sp³-hybridized carbons (Fsp3) is 0.542. The second-order valence-corrected chi connectivity index (χ2v) is 19.2. The number of benzene rings is 2. The van der Waals surface area contributed by atoms with Crippen molar-refractivity contribution in [3.63, 3.8) is 0 Å². The first-order valence-electron chi connectivity index (χ1n) is 22.8. The van der Waals surface area contributed by atoms with Crippen molar-refractivity contribution in [3.8, 4) is 33.6 Å². The van der Waals surface area contributed by atoms with Crippen LogP contribution in [-0.2, 0) is 23.8 Å². The number of likely N-dealkylation sites (tertiary alicyclic amines) is 2. The zero-order valence-corrected chi connectivity index (χ0v) is 36.9. The Morgan fingerprint density at radius 3 is 1.60 bits per heavy atom. The van der Waals surface area contributed by atoms with Crippen LogP contribution in [0.1, 0.15) is 126 Å². The van der Waals surface area contributed by atoms with Gasteiger partial charge in [0.2, 0.25) is 11.8 Å². The molecule has 63 heavy (non-hydrogen) atoms. The van der Waals surface area contributed by atoms with Crippen LogP contribution in [0.2, 0.25) is 0 Å². The summed E-state index contributed by atoms with van der Waals surface area (Å²) in [6, 6.07) is 11.4. The van der Waals surface area contributed by atoms with E-state index < -0.39 is 24.3 Å². The molecule has 2 unspecified atom stereocenters. The lowest BCUT2D eigenvalue weighted by Gasteiger charge is -2.37. The number of piperidine rings is 2. The Hall–Kier alpha value is -5.70. The number of aromatic amines is 2. The molecule has 10 rings (SSSR count). The first kappa shape index (κ1) is 41.3. The Labute approximate surface area is 367 Å². The van der Waals surface area contributed by atoms with Crippen LogP contribution in [0.15, 0.2) is 48.8 Å². The van der Waals surface area contributed by atoms with Crippen molar-refractivity contribution in [1.82, 2.24) is 40.4 Å². The zero-order valence-electron chi connectivity index (χ0n) is 36.9. The van der Waals surface area contributed by atoms with E-state index in [0.717, 1.165) is 96.7 Å². The third-order valence-corrected chi connectivity index (χ3v) is 15.0. The number of fused-ring (bicyclic) bond motifs is 9. The fourth-order valence-corrected chi connectivity index (χ4v) is 12.0. The number of hydrogen-bond acceptors (Lipinski definition) is 9. The fourth-order valence-electron chi connectivity index (χ4n) is 12.0. The van der Waals surface area contributed by atoms with Crippen LogP contribution >= 0.6 is 0 Å². The molecule has 4 amide bonds. The van der Waals surface area contributed by atoms with Crippen LogP contribution in [0.5, 0.6) is 0 Å². The van der Waals surface area contributed by atoms with Crippen molar-refractivity contribution in [2.24, 2.45) is 23.7 Å². The van der Waals surface area contributed by atoms with Gasteiger partial charge in [0.05, 0.1) is 62.3 Å². The van der Waals surface area contributed by atoms with E-state index in [1.807, 2.05) is 49.9 Å². The van der Waals surface area contributed by atoms with Crippen LogP contribution < -0.4 is 10.6 Å². The molecule has 0 radical (unpaired) electrons. The molecule has 15 nitrogen and oxygen atoms in total. The highest BCUT2D eigenvalue weighted by Gasteiger charge is 2.53. The maximum absolute atomic E-state index is 14.2. The summed E-state index contributed by atoms with van der Waals surface area (Å²) >= 11 is 0. The number of amides is 4. The first-order chi connectivity index (χ1) is 30.4. The van der Waals surface area contributed by atoms with Gasteiger partial charge in [0.15, 0.2) is 0 Å². The van der Waals surface area contributed by atoms with Crippen LogP contribution in [0, 0.1) is 23.7 Å². The van der Waals surface area contributed by atoms with Crippen LogP contribution in [-0.4, -0.2) is 92.1 Å². The lowest BCUT2D eigenvalue weighted by molar-refractivity contribution is -0.140. The molecule has 3 saturated heterocycles. The van der Waals surface area contributed by atoms with Crippen LogP contribution in [0.3, 0.4) is 0 Å². The van der Waals surface area contributed by atoms with Gasteiger partial charge in [-0.3, -0.25) is 9.59 Å². The van der Waals surface area contributed by atoms with E-state index in [4.69, 9.17) is 24.2 Å². The van der Waals surface area contributed by atoms with Gasteiger partial charge >= 0.3 is 12.2 Å². The molecule has 2 aliphatic carbocycles. The normalized spacial score (nSPS) is 27.3. The van der Waals surface area contributed by atoms with Gasteiger partial charge in [-0.05, 0) is 103 Å². The summed E-state index contributed by atoms with van der Waals surface area (Å²) in [5.74, 6) is 1.75. The quantitative estimate of drug-likeness (QED) is 0.116. The predicted octanol–water partition coefficient (Wildman–Crippen LogP) is 7.91. The third kappa shape index (κ3) is 6.97. The van der Waals surface area contributed by atoms with Gasteiger partial charge in [-0.25, -0.2) is 19.6 Å². The molecule has 5 fully saturated rings. The van der Waals surface area contributed by atoms with Crippen LogP contribution in [0.25, 0.3) is 33.6 Å². The van der Waals surface area contributed by atoms with Crippen molar-refractivity contribution < 1.29 is 33.4 Å². The number of ether oxygens (including phenoxy) is 3. The number of alkyl carbamates (subject to hydrolysis) is 2. The smallest absolute Gasteiger partial charge is 0.407 e. The lowest BCUT2D eigenvalue weighted by Crippen LogP contribution is -2.54. The number of rotatable bonds is 11. The Kier molecular flexibility index (Phi) is 10.6. The van der Waals surface area contributed by atoms with Gasteiger partial charge in [0.25, 0.3) is 0 Å². The van der Waals surface area contributed by atoms with E-state index in [-0.39, 0.29) is 60.0 Å². The van der Waals surface area contributed by atoms with Gasteiger partial charge in [0, 0.05) is 17.6 Å². The SMILES string of the molecule is COC(=O)N[C@H](C(=O)N1[C@@H]2CC[C@@H](C2)[C@H]1c1ncc(-c2ccc(-c3ccc(-c4cnc([C@@H]5[C@H]6CC[C@H](C6)N5C(=O)[C@@H](NC(=O)OC)C(C)C)[nH]4)c4c3C3CCC4O3)cc2)[nH]1)C(C)C. The maximum Gasteiger partial charge on any atom is 0.407 e. The average molecular weight is 859 g/mol. The Morgan fingerprint density at radius 2 is 1.10 bits per heavy atom. The second-order valence-electron chi connectivity index (χ2n) is 19.2. The molecule has 0 spiro atoms. The molecule has 2 aromatic heterocycles. The molecule has 4 aromatic rings. The lowest BCUT2D eigenvalue weighted by atomic mass is 9.82. The van der Waals surface area contributed by atoms with E-state index in [9.17, 15) is 19.2 Å².